The molecule has 2 aromatic carbocycles. The molecular formula is C27H40O4. The van der Waals surface area contributed by atoms with Gasteiger partial charge >= 0.3 is 0 Å². The van der Waals surface area contributed by atoms with Gasteiger partial charge in [0.05, 0.1) is 20.0 Å². The Balaban J connectivity index is 0.00000291. The SMILES string of the molecule is C.C=C(COC)/C(=C/OC)c1ccccc1COc1ccc(CCCOC)cc1.CC. The van der Waals surface area contributed by atoms with E-state index in [0.717, 1.165) is 47.5 Å². The first kappa shape index (κ1) is 28.4. The number of hydrogen-bond acceptors (Lipinski definition) is 4. The third-order valence-electron chi connectivity index (χ3n) is 4.37. The molecule has 2 rings (SSSR count). The van der Waals surface area contributed by atoms with Crippen molar-refractivity contribution in [3.05, 3.63) is 83.6 Å². The zero-order valence-electron chi connectivity index (χ0n) is 19.1. The van der Waals surface area contributed by atoms with Crippen LogP contribution in [0.4, 0.5) is 0 Å². The monoisotopic (exact) mass is 428 g/mol. The van der Waals surface area contributed by atoms with E-state index in [9.17, 15) is 0 Å². The lowest BCUT2D eigenvalue weighted by atomic mass is 9.96. The van der Waals surface area contributed by atoms with Crippen LogP contribution < -0.4 is 4.74 Å². The predicted molar refractivity (Wildman–Crippen MR) is 131 cm³/mol. The van der Waals surface area contributed by atoms with E-state index in [1.165, 1.54) is 5.56 Å². The molecule has 0 aliphatic rings. The average Bonchev–Trinajstić information content (AvgIpc) is 2.79. The van der Waals surface area contributed by atoms with Gasteiger partial charge in [0.2, 0.25) is 0 Å². The van der Waals surface area contributed by atoms with Gasteiger partial charge in [0.1, 0.15) is 12.4 Å². The number of aryl methyl sites for hydroxylation is 1. The van der Waals surface area contributed by atoms with E-state index < -0.39 is 0 Å². The van der Waals surface area contributed by atoms with Crippen LogP contribution in [0.1, 0.15) is 44.4 Å². The van der Waals surface area contributed by atoms with Gasteiger partial charge in [-0.05, 0) is 47.2 Å². The highest BCUT2D eigenvalue weighted by molar-refractivity contribution is 5.79. The number of methoxy groups -OCH3 is 3. The minimum atomic E-state index is 0. The fraction of sp³-hybridized carbons (Fsp3) is 0.407. The molecule has 0 fully saturated rings. The maximum absolute atomic E-state index is 6.03. The Morgan fingerprint density at radius 1 is 0.935 bits per heavy atom. The summed E-state index contributed by atoms with van der Waals surface area (Å²) in [7, 11) is 5.02. The molecule has 4 nitrogen and oxygen atoms in total. The summed E-state index contributed by atoms with van der Waals surface area (Å²) in [6, 6.07) is 16.3. The third-order valence-corrected chi connectivity index (χ3v) is 4.37. The highest BCUT2D eigenvalue weighted by Gasteiger charge is 2.12. The molecule has 0 amide bonds. The van der Waals surface area contributed by atoms with Gasteiger partial charge in [-0.3, -0.25) is 0 Å². The van der Waals surface area contributed by atoms with Gasteiger partial charge in [0, 0.05) is 26.4 Å². The Morgan fingerprint density at radius 3 is 2.23 bits per heavy atom. The van der Waals surface area contributed by atoms with E-state index in [0.29, 0.717) is 13.2 Å². The summed E-state index contributed by atoms with van der Waals surface area (Å²) < 4.78 is 21.6. The quantitative estimate of drug-likeness (QED) is 0.214. The average molecular weight is 429 g/mol. The summed E-state index contributed by atoms with van der Waals surface area (Å²) in [5, 5.41) is 0. The van der Waals surface area contributed by atoms with Crippen LogP contribution in [0.5, 0.6) is 5.75 Å². The lowest BCUT2D eigenvalue weighted by molar-refractivity contribution is 0.195. The van der Waals surface area contributed by atoms with Crippen molar-refractivity contribution in [2.24, 2.45) is 0 Å². The molecule has 0 atom stereocenters. The van der Waals surface area contributed by atoms with Crippen LogP contribution in [-0.2, 0) is 27.2 Å². The second-order valence-corrected chi connectivity index (χ2v) is 6.49. The van der Waals surface area contributed by atoms with Crippen molar-refractivity contribution >= 4 is 5.57 Å². The molecule has 0 saturated carbocycles. The summed E-state index contributed by atoms with van der Waals surface area (Å²) in [5.74, 6) is 0.846. The first-order valence-electron chi connectivity index (χ1n) is 10.4. The van der Waals surface area contributed by atoms with Crippen LogP contribution in [-0.4, -0.2) is 34.5 Å². The Hall–Kier alpha value is -2.56. The normalized spacial score (nSPS) is 10.4. The van der Waals surface area contributed by atoms with Crippen LogP contribution in [0.15, 0.2) is 66.9 Å². The van der Waals surface area contributed by atoms with E-state index in [4.69, 9.17) is 18.9 Å². The molecule has 0 aliphatic carbocycles. The summed E-state index contributed by atoms with van der Waals surface area (Å²) in [6.45, 7) is 9.79. The maximum Gasteiger partial charge on any atom is 0.119 e. The van der Waals surface area contributed by atoms with E-state index in [-0.39, 0.29) is 7.43 Å². The van der Waals surface area contributed by atoms with Crippen molar-refractivity contribution in [3.8, 4) is 5.75 Å². The second kappa shape index (κ2) is 17.2. The van der Waals surface area contributed by atoms with Crippen molar-refractivity contribution in [2.45, 2.75) is 40.7 Å². The minimum absolute atomic E-state index is 0. The van der Waals surface area contributed by atoms with Gasteiger partial charge < -0.3 is 18.9 Å². The molecule has 0 radical (unpaired) electrons. The third kappa shape index (κ3) is 9.86. The molecule has 4 heteroatoms. The van der Waals surface area contributed by atoms with Crippen LogP contribution >= 0.6 is 0 Å². The number of ether oxygens (including phenoxy) is 4. The van der Waals surface area contributed by atoms with Gasteiger partial charge in [-0.15, -0.1) is 0 Å². The fourth-order valence-corrected chi connectivity index (χ4v) is 2.95. The van der Waals surface area contributed by atoms with E-state index in [2.05, 4.69) is 24.8 Å². The molecule has 0 unspecified atom stereocenters. The van der Waals surface area contributed by atoms with Gasteiger partial charge in [0.25, 0.3) is 0 Å². The first-order valence-corrected chi connectivity index (χ1v) is 10.4. The number of rotatable bonds is 12. The molecule has 2 aromatic rings. The summed E-state index contributed by atoms with van der Waals surface area (Å²) in [6.07, 6.45) is 3.72. The molecular weight excluding hydrogens is 388 g/mol. The lowest BCUT2D eigenvalue weighted by Gasteiger charge is -2.15. The summed E-state index contributed by atoms with van der Waals surface area (Å²) in [4.78, 5) is 0. The number of hydrogen-bond donors (Lipinski definition) is 0. The molecule has 0 spiro atoms. The standard InChI is InChI=1S/C24H30O4.C2H6.CH4/c1-19(16-26-3)24(18-27-4)23-10-6-5-9-21(23)17-28-22-13-11-20(12-14-22)8-7-15-25-2;1-2;/h5-6,9-14,18H,1,7-8,15-17H2,2-4H3;1-2H3;1H4/b24-18-;;. The second-order valence-electron chi connectivity index (χ2n) is 6.49. The Morgan fingerprint density at radius 2 is 1.61 bits per heavy atom. The Kier molecular flexibility index (Phi) is 15.7. The van der Waals surface area contributed by atoms with Gasteiger partial charge in [-0.2, -0.15) is 0 Å². The van der Waals surface area contributed by atoms with Crippen LogP contribution in [0.3, 0.4) is 0 Å². The largest absolute Gasteiger partial charge is 0.504 e. The van der Waals surface area contributed by atoms with Crippen molar-refractivity contribution < 1.29 is 18.9 Å². The first-order chi connectivity index (χ1) is 14.7. The smallest absolute Gasteiger partial charge is 0.119 e. The topological polar surface area (TPSA) is 36.9 Å². The Labute approximate surface area is 189 Å². The molecule has 172 valence electrons. The molecule has 31 heavy (non-hydrogen) atoms. The van der Waals surface area contributed by atoms with Crippen molar-refractivity contribution in [1.82, 2.24) is 0 Å². The van der Waals surface area contributed by atoms with Crippen molar-refractivity contribution in [2.75, 3.05) is 34.5 Å². The molecule has 0 saturated heterocycles. The summed E-state index contributed by atoms with van der Waals surface area (Å²) in [5.41, 5.74) is 5.15. The molecule has 0 bridgehead atoms. The lowest BCUT2D eigenvalue weighted by Crippen LogP contribution is -2.04. The zero-order chi connectivity index (χ0) is 22.2. The van der Waals surface area contributed by atoms with Crippen LogP contribution in [0.2, 0.25) is 0 Å². The number of benzene rings is 2. The molecule has 0 aliphatic heterocycles. The van der Waals surface area contributed by atoms with Crippen molar-refractivity contribution in [1.29, 1.82) is 0 Å². The fourth-order valence-electron chi connectivity index (χ4n) is 2.95. The van der Waals surface area contributed by atoms with E-state index in [1.54, 1.807) is 27.6 Å². The Bertz CT molecular complexity index is 763. The molecule has 0 aromatic heterocycles. The van der Waals surface area contributed by atoms with Crippen LogP contribution in [0.25, 0.3) is 5.57 Å². The predicted octanol–water partition coefficient (Wildman–Crippen LogP) is 6.70. The maximum atomic E-state index is 6.03. The van der Waals surface area contributed by atoms with Crippen LogP contribution in [0, 0.1) is 0 Å². The van der Waals surface area contributed by atoms with E-state index in [1.807, 2.05) is 44.2 Å². The molecule has 0 N–H and O–H groups in total. The summed E-state index contributed by atoms with van der Waals surface area (Å²) >= 11 is 0. The van der Waals surface area contributed by atoms with Gasteiger partial charge in [0.15, 0.2) is 0 Å². The van der Waals surface area contributed by atoms with Crippen molar-refractivity contribution in [3.63, 3.8) is 0 Å². The highest BCUT2D eigenvalue weighted by Crippen LogP contribution is 2.27. The van der Waals surface area contributed by atoms with E-state index >= 15 is 0 Å². The zero-order valence-corrected chi connectivity index (χ0v) is 19.1. The molecule has 0 heterocycles. The highest BCUT2D eigenvalue weighted by atomic mass is 16.5. The minimum Gasteiger partial charge on any atom is -0.504 e. The van der Waals surface area contributed by atoms with Gasteiger partial charge in [-0.25, -0.2) is 0 Å². The van der Waals surface area contributed by atoms with Gasteiger partial charge in [-0.1, -0.05) is 64.3 Å².